The van der Waals surface area contributed by atoms with Gasteiger partial charge in [0.1, 0.15) is 0 Å². The molecular weight excluding hydrogens is 192 g/mol. The predicted octanol–water partition coefficient (Wildman–Crippen LogP) is 3.93. The molecule has 0 fully saturated rings. The molecule has 3 rings (SSSR count). The third-order valence-electron chi connectivity index (χ3n) is 2.90. The van der Waals surface area contributed by atoms with Gasteiger partial charge < -0.3 is 0 Å². The van der Waals surface area contributed by atoms with Crippen LogP contribution < -0.4 is 0 Å². The van der Waals surface area contributed by atoms with E-state index in [0.717, 1.165) is 27.1 Å². The normalized spacial score (nSPS) is 10.4. The van der Waals surface area contributed by atoms with Crippen LogP contribution in [0.5, 0.6) is 0 Å². The van der Waals surface area contributed by atoms with Gasteiger partial charge in [0.15, 0.2) is 0 Å². The highest BCUT2D eigenvalue weighted by Gasteiger charge is 2.04. The van der Waals surface area contributed by atoms with Gasteiger partial charge in [-0.2, -0.15) is 0 Å². The molecule has 0 aliphatic carbocycles. The van der Waals surface area contributed by atoms with Crippen molar-refractivity contribution >= 4 is 21.5 Å². The Balaban J connectivity index is 2.63. The summed E-state index contributed by atoms with van der Waals surface area (Å²) in [5, 5.41) is 4.51. The smallest absolute Gasteiger partial charge is 0.0412 e. The second-order valence-corrected chi connectivity index (χ2v) is 3.82. The summed E-state index contributed by atoms with van der Waals surface area (Å²) >= 11 is 0. The molecule has 0 heteroatoms. The first-order valence-corrected chi connectivity index (χ1v) is 5.23. The zero-order valence-corrected chi connectivity index (χ0v) is 8.70. The van der Waals surface area contributed by atoms with E-state index in [-0.39, 0.29) is 0 Å². The van der Waals surface area contributed by atoms with Gasteiger partial charge in [0.2, 0.25) is 0 Å². The van der Waals surface area contributed by atoms with Crippen molar-refractivity contribution < 1.29 is 0 Å². The van der Waals surface area contributed by atoms with E-state index in [4.69, 9.17) is 6.42 Å². The summed E-state index contributed by atoms with van der Waals surface area (Å²) in [5.41, 5.74) is 0.883. The van der Waals surface area contributed by atoms with Crippen LogP contribution in [-0.4, -0.2) is 0 Å². The fraction of sp³-hybridized carbons (Fsp3) is 0. The number of hydrogen-bond donors (Lipinski definition) is 0. The molecule has 0 nitrogen and oxygen atoms in total. The Kier molecular flexibility index (Phi) is 1.91. The van der Waals surface area contributed by atoms with Gasteiger partial charge in [-0.05, 0) is 34.0 Å². The number of rotatable bonds is 0. The fourth-order valence-electron chi connectivity index (χ4n) is 2.15. The van der Waals surface area contributed by atoms with Crippen molar-refractivity contribution in [3.8, 4) is 5.92 Å². The van der Waals surface area contributed by atoms with Gasteiger partial charge in [-0.1, -0.05) is 54.5 Å². The molecule has 0 aliphatic heterocycles. The van der Waals surface area contributed by atoms with Crippen molar-refractivity contribution in [2.75, 3.05) is 0 Å². The van der Waals surface area contributed by atoms with Crippen LogP contribution in [0, 0.1) is 12.3 Å². The number of hydrogen-bond acceptors (Lipinski definition) is 0. The molecule has 0 bridgehead atoms. The summed E-state index contributed by atoms with van der Waals surface area (Å²) in [6.07, 6.45) is 7.46. The van der Waals surface area contributed by atoms with Gasteiger partial charge in [-0.3, -0.25) is 0 Å². The maximum absolute atomic E-state index is 7.46. The molecule has 0 saturated carbocycles. The second kappa shape index (κ2) is 3.40. The molecular formula is C16H9. The summed E-state index contributed by atoms with van der Waals surface area (Å²) in [4.78, 5) is 0. The lowest BCUT2D eigenvalue weighted by Crippen LogP contribution is -1.83. The Morgan fingerprint density at radius 1 is 0.750 bits per heavy atom. The average Bonchev–Trinajstić information content (AvgIpc) is 2.36. The summed E-state index contributed by atoms with van der Waals surface area (Å²) < 4.78 is 0. The fourth-order valence-corrected chi connectivity index (χ4v) is 2.15. The molecule has 0 unspecified atom stereocenters. The van der Waals surface area contributed by atoms with E-state index in [2.05, 4.69) is 24.1 Å². The van der Waals surface area contributed by atoms with E-state index in [0.29, 0.717) is 0 Å². The summed E-state index contributed by atoms with van der Waals surface area (Å²) in [7, 11) is 0. The van der Waals surface area contributed by atoms with E-state index in [9.17, 15) is 0 Å². The van der Waals surface area contributed by atoms with Crippen LogP contribution >= 0.6 is 0 Å². The van der Waals surface area contributed by atoms with E-state index < -0.39 is 0 Å². The molecule has 0 aromatic heterocycles. The van der Waals surface area contributed by atoms with Gasteiger partial charge >= 0.3 is 0 Å². The molecule has 0 N–H and O–H groups in total. The molecule has 0 atom stereocenters. The zero-order chi connectivity index (χ0) is 11.0. The van der Waals surface area contributed by atoms with Crippen molar-refractivity contribution in [3.63, 3.8) is 0 Å². The van der Waals surface area contributed by atoms with E-state index in [1.165, 1.54) is 0 Å². The maximum Gasteiger partial charge on any atom is 0.0412 e. The topological polar surface area (TPSA) is 0 Å². The predicted molar refractivity (Wildman–Crippen MR) is 67.7 cm³/mol. The van der Waals surface area contributed by atoms with Crippen LogP contribution in [0.4, 0.5) is 0 Å². The first-order chi connectivity index (χ1) is 7.90. The monoisotopic (exact) mass is 201 g/mol. The molecule has 1 radical (unpaired) electrons. The first-order valence-electron chi connectivity index (χ1n) is 5.23. The number of fused-ring (bicyclic) bond motifs is 2. The summed E-state index contributed by atoms with van der Waals surface area (Å²) in [6.45, 7) is 0. The van der Waals surface area contributed by atoms with Crippen molar-refractivity contribution in [1.82, 2.24) is 0 Å². The highest BCUT2D eigenvalue weighted by Crippen LogP contribution is 2.27. The summed E-state index contributed by atoms with van der Waals surface area (Å²) in [5.74, 6) is 2.56. The minimum absolute atomic E-state index is 0.883. The summed E-state index contributed by atoms with van der Waals surface area (Å²) in [6, 6.07) is 18.4. The first kappa shape index (κ1) is 9.00. The minimum atomic E-state index is 0.883. The highest BCUT2D eigenvalue weighted by molar-refractivity contribution is 6.04. The van der Waals surface area contributed by atoms with Gasteiger partial charge in [0, 0.05) is 5.56 Å². The number of benzene rings is 3. The molecule has 0 saturated heterocycles. The molecule has 3 aromatic rings. The molecule has 0 aliphatic rings. The quantitative estimate of drug-likeness (QED) is 0.382. The van der Waals surface area contributed by atoms with Crippen LogP contribution in [0.1, 0.15) is 5.56 Å². The largest absolute Gasteiger partial charge is 0.0616 e. The van der Waals surface area contributed by atoms with Gasteiger partial charge in [0.25, 0.3) is 0 Å². The zero-order valence-electron chi connectivity index (χ0n) is 8.70. The average molecular weight is 201 g/mol. The third-order valence-corrected chi connectivity index (χ3v) is 2.90. The molecule has 0 amide bonds. The lowest BCUT2D eigenvalue weighted by atomic mass is 9.97. The van der Waals surface area contributed by atoms with Crippen molar-refractivity contribution in [2.24, 2.45) is 0 Å². The van der Waals surface area contributed by atoms with Crippen molar-refractivity contribution in [2.45, 2.75) is 0 Å². The minimum Gasteiger partial charge on any atom is -0.0616 e. The van der Waals surface area contributed by atoms with Gasteiger partial charge in [-0.15, -0.1) is 0 Å². The second-order valence-electron chi connectivity index (χ2n) is 3.82. The van der Waals surface area contributed by atoms with Crippen molar-refractivity contribution in [1.29, 1.82) is 0 Å². The van der Waals surface area contributed by atoms with Crippen LogP contribution in [0.25, 0.3) is 21.5 Å². The Morgan fingerprint density at radius 3 is 1.75 bits per heavy atom. The molecule has 16 heavy (non-hydrogen) atoms. The third kappa shape index (κ3) is 1.19. The van der Waals surface area contributed by atoms with E-state index in [1.807, 2.05) is 36.4 Å². The molecule has 0 heterocycles. The lowest BCUT2D eigenvalue weighted by molar-refractivity contribution is 1.73. The van der Waals surface area contributed by atoms with Crippen LogP contribution in [0.2, 0.25) is 0 Å². The van der Waals surface area contributed by atoms with E-state index >= 15 is 0 Å². The Hall–Kier alpha value is -2.26. The maximum atomic E-state index is 7.46. The Bertz CT molecular complexity index is 661. The molecule has 73 valence electrons. The van der Waals surface area contributed by atoms with Crippen LogP contribution in [0.15, 0.2) is 54.6 Å². The Morgan fingerprint density at radius 2 is 1.25 bits per heavy atom. The van der Waals surface area contributed by atoms with E-state index in [1.54, 1.807) is 0 Å². The van der Waals surface area contributed by atoms with Crippen LogP contribution in [0.3, 0.4) is 0 Å². The Labute approximate surface area is 94.5 Å². The van der Waals surface area contributed by atoms with Crippen molar-refractivity contribution in [3.05, 3.63) is 66.6 Å². The van der Waals surface area contributed by atoms with Gasteiger partial charge in [-0.25, -0.2) is 0 Å². The molecule has 0 spiro atoms. The standard InChI is InChI=1S/C16H9/c1-2-14-15-9-5-3-7-12(15)11-13-8-4-6-10-16(13)14/h3-11H. The highest BCUT2D eigenvalue weighted by atomic mass is 14.1. The lowest BCUT2D eigenvalue weighted by Gasteiger charge is -2.05. The SMILES string of the molecule is [C]#Cc1c2ccccc2cc2ccccc12. The van der Waals surface area contributed by atoms with Gasteiger partial charge in [0.05, 0.1) is 0 Å². The van der Waals surface area contributed by atoms with Crippen LogP contribution in [-0.2, 0) is 0 Å². The molecule has 3 aromatic carbocycles.